The summed E-state index contributed by atoms with van der Waals surface area (Å²) in [7, 11) is 0. The molecule has 7 nitrogen and oxygen atoms in total. The number of anilines is 1. The summed E-state index contributed by atoms with van der Waals surface area (Å²) in [5.41, 5.74) is 1.21. The fraction of sp³-hybridized carbons (Fsp3) is 0.0952. The largest absolute Gasteiger partial charge is 0.471 e. The van der Waals surface area contributed by atoms with Crippen LogP contribution in [0.4, 0.5) is 5.82 Å². The molecule has 10 heteroatoms. The molecule has 0 unspecified atom stereocenters. The first-order chi connectivity index (χ1) is 15.0. The fourth-order valence-electron chi connectivity index (χ4n) is 2.74. The molecule has 4 rings (SSSR count). The standard InChI is InChI=1S/C21H16Cl3N5O2/c22-15-3-1-14(2-4-15)11-29-12-18(24)20(27-29)25-21(30)19-9-10-28(26-19)13-31-17-7-5-16(23)6-8-17/h1-10,12H,11,13H2,(H,25,27,30). The van der Waals surface area contributed by atoms with Crippen molar-refractivity contribution in [2.45, 2.75) is 13.3 Å². The van der Waals surface area contributed by atoms with Crippen LogP contribution in [0, 0.1) is 0 Å². The number of nitrogens with zero attached hydrogens (tertiary/aromatic N) is 4. The maximum atomic E-state index is 12.5. The minimum absolute atomic E-state index is 0.144. The summed E-state index contributed by atoms with van der Waals surface area (Å²) < 4.78 is 8.75. The van der Waals surface area contributed by atoms with Gasteiger partial charge in [-0.2, -0.15) is 10.2 Å². The van der Waals surface area contributed by atoms with E-state index in [1.807, 2.05) is 12.1 Å². The molecule has 0 aliphatic carbocycles. The first kappa shape index (κ1) is 21.2. The molecule has 0 atom stereocenters. The van der Waals surface area contributed by atoms with Gasteiger partial charge in [-0.1, -0.05) is 46.9 Å². The summed E-state index contributed by atoms with van der Waals surface area (Å²) in [6.07, 6.45) is 3.29. The number of carbonyl (C=O) groups is 1. The molecule has 0 aliphatic rings. The van der Waals surface area contributed by atoms with Crippen molar-refractivity contribution in [2.75, 3.05) is 5.32 Å². The zero-order chi connectivity index (χ0) is 21.8. The van der Waals surface area contributed by atoms with E-state index in [2.05, 4.69) is 15.5 Å². The lowest BCUT2D eigenvalue weighted by atomic mass is 10.2. The maximum absolute atomic E-state index is 12.5. The van der Waals surface area contributed by atoms with E-state index in [0.29, 0.717) is 27.4 Å². The molecule has 0 saturated carbocycles. The van der Waals surface area contributed by atoms with Gasteiger partial charge in [0.1, 0.15) is 10.8 Å². The summed E-state index contributed by atoms with van der Waals surface area (Å²) in [6, 6.07) is 15.9. The molecule has 1 amide bonds. The number of amides is 1. The van der Waals surface area contributed by atoms with E-state index in [4.69, 9.17) is 39.5 Å². The van der Waals surface area contributed by atoms with Crippen LogP contribution >= 0.6 is 34.8 Å². The Bertz CT molecular complexity index is 1190. The molecule has 158 valence electrons. The maximum Gasteiger partial charge on any atom is 0.277 e. The highest BCUT2D eigenvalue weighted by molar-refractivity contribution is 6.33. The third-order valence-corrected chi connectivity index (χ3v) is 5.04. The van der Waals surface area contributed by atoms with Crippen molar-refractivity contribution in [3.8, 4) is 5.75 Å². The van der Waals surface area contributed by atoms with Gasteiger partial charge in [0.2, 0.25) is 0 Å². The molecule has 1 N–H and O–H groups in total. The SMILES string of the molecule is O=C(Nc1nn(Cc2ccc(Cl)cc2)cc1Cl)c1ccn(COc2ccc(Cl)cc2)n1. The number of rotatable bonds is 7. The van der Waals surface area contributed by atoms with Gasteiger partial charge in [0, 0.05) is 22.4 Å². The number of nitrogens with one attached hydrogen (secondary N) is 1. The van der Waals surface area contributed by atoms with E-state index in [1.54, 1.807) is 59.5 Å². The molecule has 31 heavy (non-hydrogen) atoms. The topological polar surface area (TPSA) is 74.0 Å². The second-order valence-electron chi connectivity index (χ2n) is 6.57. The number of halogens is 3. The zero-order valence-corrected chi connectivity index (χ0v) is 18.3. The highest BCUT2D eigenvalue weighted by atomic mass is 35.5. The third-order valence-electron chi connectivity index (χ3n) is 4.26. The first-order valence-electron chi connectivity index (χ1n) is 9.17. The Morgan fingerprint density at radius 1 is 0.903 bits per heavy atom. The van der Waals surface area contributed by atoms with Gasteiger partial charge in [-0.3, -0.25) is 9.48 Å². The quantitative estimate of drug-likeness (QED) is 0.389. The van der Waals surface area contributed by atoms with Crippen LogP contribution in [0.25, 0.3) is 0 Å². The molecule has 2 aromatic carbocycles. The van der Waals surface area contributed by atoms with Gasteiger partial charge in [0.25, 0.3) is 5.91 Å². The molecular weight excluding hydrogens is 461 g/mol. The summed E-state index contributed by atoms with van der Waals surface area (Å²) in [6.45, 7) is 0.634. The Labute approximate surface area is 193 Å². The fourth-order valence-corrected chi connectivity index (χ4v) is 3.19. The van der Waals surface area contributed by atoms with Gasteiger partial charge < -0.3 is 10.1 Å². The lowest BCUT2D eigenvalue weighted by Crippen LogP contribution is -2.15. The number of ether oxygens (including phenoxy) is 1. The van der Waals surface area contributed by atoms with Gasteiger partial charge in [0.05, 0.1) is 6.54 Å². The van der Waals surface area contributed by atoms with E-state index in [1.165, 1.54) is 4.68 Å². The van der Waals surface area contributed by atoms with E-state index >= 15 is 0 Å². The predicted molar refractivity (Wildman–Crippen MR) is 120 cm³/mol. The minimum atomic E-state index is -0.427. The molecule has 0 spiro atoms. The molecule has 0 fully saturated rings. The lowest BCUT2D eigenvalue weighted by Gasteiger charge is -2.06. The highest BCUT2D eigenvalue weighted by Gasteiger charge is 2.15. The molecule has 0 bridgehead atoms. The Kier molecular flexibility index (Phi) is 6.46. The van der Waals surface area contributed by atoms with Crippen LogP contribution in [-0.4, -0.2) is 25.5 Å². The van der Waals surface area contributed by atoms with Crippen molar-refractivity contribution in [1.29, 1.82) is 0 Å². The van der Waals surface area contributed by atoms with Crippen molar-refractivity contribution in [3.63, 3.8) is 0 Å². The van der Waals surface area contributed by atoms with E-state index in [0.717, 1.165) is 5.56 Å². The van der Waals surface area contributed by atoms with Gasteiger partial charge in [-0.05, 0) is 48.0 Å². The predicted octanol–water partition coefficient (Wildman–Crippen LogP) is 5.38. The average Bonchev–Trinajstić information content (AvgIpc) is 3.36. The van der Waals surface area contributed by atoms with Crippen LogP contribution in [0.2, 0.25) is 15.1 Å². The van der Waals surface area contributed by atoms with E-state index < -0.39 is 5.91 Å². The van der Waals surface area contributed by atoms with E-state index in [9.17, 15) is 4.79 Å². The van der Waals surface area contributed by atoms with Crippen molar-refractivity contribution in [3.05, 3.63) is 93.3 Å². The van der Waals surface area contributed by atoms with Crippen molar-refractivity contribution in [1.82, 2.24) is 19.6 Å². The van der Waals surface area contributed by atoms with Crippen molar-refractivity contribution >= 4 is 46.5 Å². The lowest BCUT2D eigenvalue weighted by molar-refractivity contribution is 0.101. The normalized spacial score (nSPS) is 10.8. The third kappa shape index (κ3) is 5.58. The van der Waals surface area contributed by atoms with Crippen LogP contribution < -0.4 is 10.1 Å². The van der Waals surface area contributed by atoms with Crippen LogP contribution in [0.5, 0.6) is 5.75 Å². The summed E-state index contributed by atoms with van der Waals surface area (Å²) in [4.78, 5) is 12.5. The Morgan fingerprint density at radius 3 is 2.29 bits per heavy atom. The summed E-state index contributed by atoms with van der Waals surface area (Å²) >= 11 is 18.0. The summed E-state index contributed by atoms with van der Waals surface area (Å²) in [5, 5.41) is 12.8. The molecular formula is C21H16Cl3N5O2. The number of aromatic nitrogens is 4. The van der Waals surface area contributed by atoms with Gasteiger partial charge in [-0.25, -0.2) is 4.68 Å². The van der Waals surface area contributed by atoms with Crippen LogP contribution in [0.3, 0.4) is 0 Å². The Hall–Kier alpha value is -3.00. The molecule has 4 aromatic rings. The minimum Gasteiger partial charge on any atom is -0.471 e. The van der Waals surface area contributed by atoms with Crippen molar-refractivity contribution < 1.29 is 9.53 Å². The number of carbonyl (C=O) groups excluding carboxylic acids is 1. The number of hydrogen-bond acceptors (Lipinski definition) is 4. The first-order valence-corrected chi connectivity index (χ1v) is 10.3. The molecule has 2 aromatic heterocycles. The Balaban J connectivity index is 1.36. The Morgan fingerprint density at radius 2 is 1.58 bits per heavy atom. The van der Waals surface area contributed by atoms with Gasteiger partial charge >= 0.3 is 0 Å². The molecule has 2 heterocycles. The molecule has 0 aliphatic heterocycles. The number of hydrogen-bond donors (Lipinski definition) is 1. The number of benzene rings is 2. The van der Waals surface area contributed by atoms with E-state index in [-0.39, 0.29) is 18.2 Å². The van der Waals surface area contributed by atoms with Crippen LogP contribution in [-0.2, 0) is 13.3 Å². The van der Waals surface area contributed by atoms with Gasteiger partial charge in [-0.15, -0.1) is 0 Å². The highest BCUT2D eigenvalue weighted by Crippen LogP contribution is 2.21. The van der Waals surface area contributed by atoms with Crippen molar-refractivity contribution in [2.24, 2.45) is 0 Å². The van der Waals surface area contributed by atoms with Crippen LogP contribution in [0.15, 0.2) is 67.0 Å². The molecule has 0 radical (unpaired) electrons. The van der Waals surface area contributed by atoms with Crippen LogP contribution in [0.1, 0.15) is 16.1 Å². The summed E-state index contributed by atoms with van der Waals surface area (Å²) in [5.74, 6) is 0.473. The zero-order valence-electron chi connectivity index (χ0n) is 16.0. The second kappa shape index (κ2) is 9.43. The van der Waals surface area contributed by atoms with Gasteiger partial charge in [0.15, 0.2) is 18.2 Å². The second-order valence-corrected chi connectivity index (χ2v) is 7.85. The monoisotopic (exact) mass is 475 g/mol. The molecule has 0 saturated heterocycles. The smallest absolute Gasteiger partial charge is 0.277 e. The average molecular weight is 477 g/mol.